The molecule has 174 valence electrons. The van der Waals surface area contributed by atoms with Crippen molar-refractivity contribution in [1.29, 1.82) is 0 Å². The molecule has 9 heteroatoms. The van der Waals surface area contributed by atoms with Gasteiger partial charge in [0.25, 0.3) is 0 Å². The summed E-state index contributed by atoms with van der Waals surface area (Å²) >= 11 is 1.13. The molecule has 0 amide bonds. The maximum atomic E-state index is 12.6. The molecular weight excluding hydrogens is 593 g/mol. The van der Waals surface area contributed by atoms with Crippen LogP contribution in [-0.4, -0.2) is 38.3 Å². The monoisotopic (exact) mass is 621 g/mol. The van der Waals surface area contributed by atoms with E-state index >= 15 is 0 Å². The van der Waals surface area contributed by atoms with Gasteiger partial charge in [0, 0.05) is 0 Å². The van der Waals surface area contributed by atoms with Gasteiger partial charge in [0.1, 0.15) is 0 Å². The number of hydrogen-bond acceptors (Lipinski definition) is 5. The standard InChI is InChI=1S/C24H28BNO6.W/c1-4-17-21(26(3)15-19(23(17)27)24(28)29)10-8-6-7-9-13-31-16-11-12-18-20(14-16)25(30)32-22(18)5-2;/h8,10-12,14-15,22,30H,5-7,9,13H2,1-3H3,(H,28,29);. The van der Waals surface area contributed by atoms with E-state index in [0.717, 1.165) is 71.4 Å². The molecule has 0 spiro atoms. The first-order valence-corrected chi connectivity index (χ1v) is 12.5. The number of benzene rings is 1. The second-order valence-electron chi connectivity index (χ2n) is 8.03. The van der Waals surface area contributed by atoms with Crippen molar-refractivity contribution in [3.63, 3.8) is 0 Å². The third-order valence-corrected chi connectivity index (χ3v) is 6.39. The Balaban J connectivity index is 1.54. The van der Waals surface area contributed by atoms with Crippen LogP contribution < -0.4 is 15.6 Å². The molecule has 0 saturated carbocycles. The third kappa shape index (κ3) is 5.81. The number of rotatable bonds is 10. The van der Waals surface area contributed by atoms with Crippen LogP contribution in [0.2, 0.25) is 0 Å². The summed E-state index contributed by atoms with van der Waals surface area (Å²) in [7, 11) is 0.859. The van der Waals surface area contributed by atoms with Gasteiger partial charge in [-0.05, 0) is 17.4 Å². The summed E-state index contributed by atoms with van der Waals surface area (Å²) in [5.74, 6) is -0.488. The summed E-state index contributed by atoms with van der Waals surface area (Å²) in [6, 6.07) is 5.73. The average Bonchev–Trinajstić information content (AvgIpc) is 3.09. The molecule has 7 nitrogen and oxygen atoms in total. The van der Waals surface area contributed by atoms with Crippen LogP contribution in [0.15, 0.2) is 35.3 Å². The van der Waals surface area contributed by atoms with Gasteiger partial charge in [-0.1, -0.05) is 13.0 Å². The Morgan fingerprint density at radius 3 is 2.79 bits per heavy atom. The van der Waals surface area contributed by atoms with Crippen molar-refractivity contribution in [2.24, 2.45) is 7.05 Å². The number of aromatic nitrogens is 1. The zero-order valence-corrected chi connectivity index (χ0v) is 22.0. The van der Waals surface area contributed by atoms with Crippen molar-refractivity contribution >= 4 is 28.5 Å². The average molecular weight is 621 g/mol. The van der Waals surface area contributed by atoms with Crippen molar-refractivity contribution in [2.75, 3.05) is 6.61 Å². The van der Waals surface area contributed by atoms with Crippen LogP contribution in [0.1, 0.15) is 72.8 Å². The van der Waals surface area contributed by atoms with E-state index < -0.39 is 18.5 Å². The van der Waals surface area contributed by atoms with E-state index in [2.05, 4.69) is 0 Å². The van der Waals surface area contributed by atoms with Crippen molar-refractivity contribution in [3.05, 3.63) is 63.1 Å². The molecule has 0 bridgehead atoms. The van der Waals surface area contributed by atoms with Gasteiger partial charge in [-0.3, -0.25) is 0 Å². The molecule has 0 radical (unpaired) electrons. The Hall–Kier alpha value is -2.28. The fourth-order valence-corrected chi connectivity index (χ4v) is 4.67. The van der Waals surface area contributed by atoms with Crippen LogP contribution in [0.5, 0.6) is 5.75 Å². The minimum absolute atomic E-state index is 0.0633. The fraction of sp³-hybridized carbons (Fsp3) is 0.375. The van der Waals surface area contributed by atoms with E-state index in [-0.39, 0.29) is 11.7 Å². The molecule has 1 unspecified atom stereocenters. The molecule has 1 aromatic heterocycles. The Kier molecular flexibility index (Phi) is 8.63. The van der Waals surface area contributed by atoms with Gasteiger partial charge in [-0.2, -0.15) is 0 Å². The predicted octanol–water partition coefficient (Wildman–Crippen LogP) is 2.60. The number of nitrogens with zero attached hydrogens (tertiary/aromatic N) is 1. The van der Waals surface area contributed by atoms with Gasteiger partial charge >= 0.3 is 159 Å². The molecule has 0 saturated heterocycles. The quantitative estimate of drug-likeness (QED) is 0.313. The summed E-state index contributed by atoms with van der Waals surface area (Å²) in [6.07, 6.45) is 8.59. The number of fused-ring (bicyclic) bond motifs is 1. The van der Waals surface area contributed by atoms with Crippen LogP contribution in [0.4, 0.5) is 0 Å². The molecule has 0 fully saturated rings. The first-order chi connectivity index (χ1) is 15.7. The predicted molar refractivity (Wildman–Crippen MR) is 125 cm³/mol. The van der Waals surface area contributed by atoms with E-state index in [9.17, 15) is 19.7 Å². The number of unbranched alkanes of at least 4 members (excludes halogenated alkanes) is 2. The van der Waals surface area contributed by atoms with E-state index in [0.29, 0.717) is 12.2 Å². The molecule has 33 heavy (non-hydrogen) atoms. The Morgan fingerprint density at radius 1 is 1.36 bits per heavy atom. The molecular formula is C24H28BNO6W. The number of ether oxygens (including phenoxy) is 1. The minimum Gasteiger partial charge on any atom is -0.0532 e. The van der Waals surface area contributed by atoms with E-state index in [1.165, 1.54) is 6.20 Å². The first kappa shape index (κ1) is 25.3. The van der Waals surface area contributed by atoms with Gasteiger partial charge in [-0.25, -0.2) is 0 Å². The third-order valence-electron chi connectivity index (χ3n) is 5.66. The fourth-order valence-electron chi connectivity index (χ4n) is 3.96. The zero-order valence-electron chi connectivity index (χ0n) is 19.0. The van der Waals surface area contributed by atoms with E-state index in [1.54, 1.807) is 11.6 Å². The van der Waals surface area contributed by atoms with Gasteiger partial charge in [0.2, 0.25) is 0 Å². The molecule has 0 aliphatic carbocycles. The number of pyridine rings is 1. The molecule has 2 heterocycles. The van der Waals surface area contributed by atoms with Gasteiger partial charge in [-0.15, -0.1) is 0 Å². The molecule has 3 rings (SSSR count). The molecule has 1 atom stereocenters. The van der Waals surface area contributed by atoms with Crippen LogP contribution in [0.3, 0.4) is 0 Å². The Morgan fingerprint density at radius 2 is 2.12 bits per heavy atom. The maximum absolute atomic E-state index is 12.6. The van der Waals surface area contributed by atoms with E-state index in [4.69, 9.17) is 9.39 Å². The number of carboxylic acids is 1. The number of carboxylic acid groups (broad SMARTS) is 1. The van der Waals surface area contributed by atoms with Crippen LogP contribution in [0, 0.1) is 0 Å². The number of carbonyl (C=O) groups is 1. The SMILES string of the molecule is CCC1OB(O)c2cc(OCCCCC=Cc3c([C](C)=[W])c(=O)c(C(=O)O)cn3C)ccc21. The molecule has 1 aliphatic rings. The van der Waals surface area contributed by atoms with Crippen LogP contribution in [0.25, 0.3) is 6.08 Å². The van der Waals surface area contributed by atoms with Crippen molar-refractivity contribution in [3.8, 4) is 5.75 Å². The van der Waals surface area contributed by atoms with Gasteiger partial charge in [0.15, 0.2) is 0 Å². The van der Waals surface area contributed by atoms with Crippen molar-refractivity contribution in [1.82, 2.24) is 4.57 Å². The number of aromatic carboxylic acids is 1. The molecule has 1 aromatic carbocycles. The van der Waals surface area contributed by atoms with Crippen molar-refractivity contribution < 1.29 is 43.7 Å². The molecule has 2 N–H and O–H groups in total. The normalized spacial score (nSPS) is 15.2. The molecule has 1 aliphatic heterocycles. The second kappa shape index (κ2) is 11.2. The summed E-state index contributed by atoms with van der Waals surface area (Å²) in [5.41, 5.74) is 2.35. The Labute approximate surface area is 204 Å². The van der Waals surface area contributed by atoms with Gasteiger partial charge in [0.05, 0.1) is 6.10 Å². The summed E-state index contributed by atoms with van der Waals surface area (Å²) < 4.78 is 13.9. The van der Waals surface area contributed by atoms with Crippen molar-refractivity contribution in [2.45, 2.75) is 45.6 Å². The van der Waals surface area contributed by atoms with E-state index in [1.807, 2.05) is 44.2 Å². The smallest absolute Gasteiger partial charge is 0.0532 e. The summed E-state index contributed by atoms with van der Waals surface area (Å²) in [4.78, 5) is 23.9. The minimum atomic E-state index is -1.21. The first-order valence-electron chi connectivity index (χ1n) is 11.0. The number of allylic oxidation sites excluding steroid dienone is 1. The zero-order chi connectivity index (χ0) is 24.1. The van der Waals surface area contributed by atoms with Crippen LogP contribution >= 0.6 is 0 Å². The number of aryl methyl sites for hydroxylation is 1. The summed E-state index contributed by atoms with van der Waals surface area (Å²) in [6.45, 7) is 4.43. The van der Waals surface area contributed by atoms with Gasteiger partial charge < -0.3 is 9.68 Å². The number of hydrogen-bond donors (Lipinski definition) is 2. The summed E-state index contributed by atoms with van der Waals surface area (Å²) in [5, 5.41) is 19.4. The Bertz CT molecular complexity index is 1140. The molecule has 2 aromatic rings. The van der Waals surface area contributed by atoms with Crippen LogP contribution in [-0.2, 0) is 31.1 Å². The topological polar surface area (TPSA) is 98.0 Å². The second-order valence-corrected chi connectivity index (χ2v) is 10.2.